The summed E-state index contributed by atoms with van der Waals surface area (Å²) in [4.78, 5) is 11.4. The van der Waals surface area contributed by atoms with Crippen LogP contribution in [-0.2, 0) is 11.3 Å². The van der Waals surface area contributed by atoms with Crippen LogP contribution in [0.1, 0.15) is 13.8 Å². The Balaban J connectivity index is 2.25. The topological polar surface area (TPSA) is 98.7 Å². The molecule has 0 saturated carbocycles. The molecular weight excluding hydrogens is 196 g/mol. The zero-order valence-electron chi connectivity index (χ0n) is 8.92. The van der Waals surface area contributed by atoms with Crippen LogP contribution in [0.15, 0.2) is 6.33 Å². The normalized spacial score (nSPS) is 12.8. The molecule has 1 amide bonds. The van der Waals surface area contributed by atoms with E-state index in [9.17, 15) is 4.79 Å². The lowest BCUT2D eigenvalue weighted by atomic mass is 10.1. The molecule has 1 aromatic heterocycles. The highest BCUT2D eigenvalue weighted by Gasteiger charge is 2.09. The standard InChI is InChI=1S/C8H16N6O/c1-6(2)7(9)3-10-8(15)4-14-5-11-12-13-14/h5-7H,3-4,9H2,1-2H3,(H,10,15). The predicted octanol–water partition coefficient (Wildman–Crippen LogP) is -1.23. The van der Waals surface area contributed by atoms with Crippen molar-refractivity contribution in [3.05, 3.63) is 6.33 Å². The minimum Gasteiger partial charge on any atom is -0.353 e. The van der Waals surface area contributed by atoms with E-state index in [0.717, 1.165) is 0 Å². The summed E-state index contributed by atoms with van der Waals surface area (Å²) in [5, 5.41) is 13.2. The lowest BCUT2D eigenvalue weighted by Crippen LogP contribution is -2.41. The Bertz CT molecular complexity index is 296. The van der Waals surface area contributed by atoms with E-state index in [-0.39, 0.29) is 18.5 Å². The van der Waals surface area contributed by atoms with Crippen LogP contribution in [0.5, 0.6) is 0 Å². The maximum atomic E-state index is 11.4. The Morgan fingerprint density at radius 3 is 2.87 bits per heavy atom. The fourth-order valence-electron chi connectivity index (χ4n) is 0.923. The van der Waals surface area contributed by atoms with Gasteiger partial charge in [-0.1, -0.05) is 13.8 Å². The van der Waals surface area contributed by atoms with Gasteiger partial charge in [0.05, 0.1) is 0 Å². The Hall–Kier alpha value is -1.50. The number of aromatic nitrogens is 4. The van der Waals surface area contributed by atoms with Gasteiger partial charge in [-0.15, -0.1) is 5.10 Å². The van der Waals surface area contributed by atoms with Gasteiger partial charge in [0, 0.05) is 12.6 Å². The average Bonchev–Trinajstić information content (AvgIpc) is 2.66. The minimum absolute atomic E-state index is 0.0252. The molecular formula is C8H16N6O. The van der Waals surface area contributed by atoms with E-state index in [4.69, 9.17) is 5.73 Å². The average molecular weight is 212 g/mol. The summed E-state index contributed by atoms with van der Waals surface area (Å²) < 4.78 is 1.36. The van der Waals surface area contributed by atoms with Crippen molar-refractivity contribution in [2.24, 2.45) is 11.7 Å². The molecule has 0 saturated heterocycles. The van der Waals surface area contributed by atoms with Gasteiger partial charge in [-0.05, 0) is 16.3 Å². The molecule has 1 heterocycles. The van der Waals surface area contributed by atoms with Gasteiger partial charge in [0.2, 0.25) is 5.91 Å². The Kier molecular flexibility index (Phi) is 4.17. The Labute approximate surface area is 88.0 Å². The Morgan fingerprint density at radius 2 is 2.33 bits per heavy atom. The molecule has 0 aromatic carbocycles. The van der Waals surface area contributed by atoms with Gasteiger partial charge in [0.15, 0.2) is 0 Å². The molecule has 0 aliphatic carbocycles. The summed E-state index contributed by atoms with van der Waals surface area (Å²) in [6.07, 6.45) is 1.39. The zero-order chi connectivity index (χ0) is 11.3. The van der Waals surface area contributed by atoms with Crippen LogP contribution in [0.2, 0.25) is 0 Å². The van der Waals surface area contributed by atoms with Crippen LogP contribution in [0, 0.1) is 5.92 Å². The smallest absolute Gasteiger partial charge is 0.241 e. The second kappa shape index (κ2) is 5.40. The summed E-state index contributed by atoms with van der Waals surface area (Å²) in [6.45, 7) is 4.62. The number of hydrogen-bond acceptors (Lipinski definition) is 5. The van der Waals surface area contributed by atoms with Crippen LogP contribution < -0.4 is 11.1 Å². The lowest BCUT2D eigenvalue weighted by molar-refractivity contribution is -0.121. The molecule has 15 heavy (non-hydrogen) atoms. The molecule has 0 aliphatic rings. The predicted molar refractivity (Wildman–Crippen MR) is 53.6 cm³/mol. The first-order valence-corrected chi connectivity index (χ1v) is 4.82. The Morgan fingerprint density at radius 1 is 1.60 bits per heavy atom. The van der Waals surface area contributed by atoms with Crippen LogP contribution in [-0.4, -0.2) is 38.7 Å². The highest BCUT2D eigenvalue weighted by atomic mass is 16.2. The molecule has 0 fully saturated rings. The largest absolute Gasteiger partial charge is 0.353 e. The van der Waals surface area contributed by atoms with Crippen LogP contribution in [0.4, 0.5) is 0 Å². The summed E-state index contributed by atoms with van der Waals surface area (Å²) in [7, 11) is 0. The summed E-state index contributed by atoms with van der Waals surface area (Å²) in [6, 6.07) is -0.0252. The number of nitrogens with one attached hydrogen (secondary N) is 1. The second-order valence-corrected chi connectivity index (χ2v) is 3.72. The van der Waals surface area contributed by atoms with E-state index in [0.29, 0.717) is 12.5 Å². The molecule has 1 rings (SSSR count). The van der Waals surface area contributed by atoms with Gasteiger partial charge in [-0.3, -0.25) is 4.79 Å². The number of nitrogens with zero attached hydrogens (tertiary/aromatic N) is 4. The van der Waals surface area contributed by atoms with E-state index in [2.05, 4.69) is 20.8 Å². The van der Waals surface area contributed by atoms with E-state index in [1.807, 2.05) is 13.8 Å². The number of rotatable bonds is 5. The van der Waals surface area contributed by atoms with Crippen molar-refractivity contribution in [3.8, 4) is 0 Å². The first kappa shape index (κ1) is 11.6. The number of amides is 1. The van der Waals surface area contributed by atoms with Gasteiger partial charge < -0.3 is 11.1 Å². The summed E-state index contributed by atoms with van der Waals surface area (Å²) >= 11 is 0. The molecule has 1 aromatic rings. The molecule has 84 valence electrons. The number of hydrogen-bond donors (Lipinski definition) is 2. The first-order valence-electron chi connectivity index (χ1n) is 4.82. The maximum Gasteiger partial charge on any atom is 0.241 e. The van der Waals surface area contributed by atoms with Gasteiger partial charge in [-0.25, -0.2) is 4.68 Å². The molecule has 0 bridgehead atoms. The fourth-order valence-corrected chi connectivity index (χ4v) is 0.923. The van der Waals surface area contributed by atoms with Crippen molar-refractivity contribution in [1.82, 2.24) is 25.5 Å². The zero-order valence-corrected chi connectivity index (χ0v) is 8.92. The number of nitrogens with two attached hydrogens (primary N) is 1. The molecule has 1 unspecified atom stereocenters. The third-order valence-electron chi connectivity index (χ3n) is 2.09. The number of carbonyl (C=O) groups excluding carboxylic acids is 1. The first-order chi connectivity index (χ1) is 7.09. The van der Waals surface area contributed by atoms with Gasteiger partial charge >= 0.3 is 0 Å². The SMILES string of the molecule is CC(C)C(N)CNC(=O)Cn1cnnn1. The molecule has 7 nitrogen and oxygen atoms in total. The van der Waals surface area contributed by atoms with Gasteiger partial charge in [-0.2, -0.15) is 0 Å². The fraction of sp³-hybridized carbons (Fsp3) is 0.750. The third-order valence-corrected chi connectivity index (χ3v) is 2.09. The third kappa shape index (κ3) is 4.03. The van der Waals surface area contributed by atoms with Crippen molar-refractivity contribution >= 4 is 5.91 Å². The molecule has 0 spiro atoms. The quantitative estimate of drug-likeness (QED) is 0.637. The number of carbonyl (C=O) groups is 1. The van der Waals surface area contributed by atoms with Crippen LogP contribution >= 0.6 is 0 Å². The van der Waals surface area contributed by atoms with E-state index in [1.54, 1.807) is 0 Å². The van der Waals surface area contributed by atoms with Crippen molar-refractivity contribution in [2.75, 3.05) is 6.54 Å². The van der Waals surface area contributed by atoms with Crippen molar-refractivity contribution < 1.29 is 4.79 Å². The molecule has 7 heteroatoms. The monoisotopic (exact) mass is 212 g/mol. The minimum atomic E-state index is -0.140. The van der Waals surface area contributed by atoms with Crippen molar-refractivity contribution in [3.63, 3.8) is 0 Å². The maximum absolute atomic E-state index is 11.4. The van der Waals surface area contributed by atoms with Crippen LogP contribution in [0.25, 0.3) is 0 Å². The van der Waals surface area contributed by atoms with E-state index >= 15 is 0 Å². The summed E-state index contributed by atoms with van der Waals surface area (Å²) in [5.41, 5.74) is 5.78. The van der Waals surface area contributed by atoms with Crippen molar-refractivity contribution in [2.45, 2.75) is 26.4 Å². The second-order valence-electron chi connectivity index (χ2n) is 3.72. The van der Waals surface area contributed by atoms with E-state index < -0.39 is 0 Å². The molecule has 0 aliphatic heterocycles. The molecule has 1 atom stereocenters. The van der Waals surface area contributed by atoms with Gasteiger partial charge in [0.25, 0.3) is 0 Å². The highest BCUT2D eigenvalue weighted by molar-refractivity contribution is 5.75. The molecule has 0 radical (unpaired) electrons. The van der Waals surface area contributed by atoms with Gasteiger partial charge in [0.1, 0.15) is 12.9 Å². The molecule has 3 N–H and O–H groups in total. The van der Waals surface area contributed by atoms with Crippen molar-refractivity contribution in [1.29, 1.82) is 0 Å². The summed E-state index contributed by atoms with van der Waals surface area (Å²) in [5.74, 6) is 0.205. The number of tetrazole rings is 1. The lowest BCUT2D eigenvalue weighted by Gasteiger charge is -2.15. The highest BCUT2D eigenvalue weighted by Crippen LogP contribution is 1.95. The van der Waals surface area contributed by atoms with E-state index in [1.165, 1.54) is 11.0 Å². The van der Waals surface area contributed by atoms with Crippen LogP contribution in [0.3, 0.4) is 0 Å².